The zero-order valence-corrected chi connectivity index (χ0v) is 12.4. The SMILES string of the molecule is O=C(COc1ccccc1)Nc1nc2c(Br)cccn2n1. The first-order valence-electron chi connectivity index (χ1n) is 6.21. The summed E-state index contributed by atoms with van der Waals surface area (Å²) in [6, 6.07) is 12.8. The first kappa shape index (κ1) is 13.6. The highest BCUT2D eigenvalue weighted by molar-refractivity contribution is 9.10. The second kappa shape index (κ2) is 5.92. The zero-order chi connectivity index (χ0) is 14.7. The van der Waals surface area contributed by atoms with Gasteiger partial charge in [-0.05, 0) is 40.2 Å². The summed E-state index contributed by atoms with van der Waals surface area (Å²) in [6.07, 6.45) is 1.75. The van der Waals surface area contributed by atoms with E-state index in [0.29, 0.717) is 11.4 Å². The Bertz CT molecular complexity index is 773. The van der Waals surface area contributed by atoms with E-state index >= 15 is 0 Å². The predicted molar refractivity (Wildman–Crippen MR) is 81.3 cm³/mol. The van der Waals surface area contributed by atoms with Gasteiger partial charge < -0.3 is 4.74 Å². The lowest BCUT2D eigenvalue weighted by atomic mass is 10.3. The molecule has 3 rings (SSSR count). The standard InChI is InChI=1S/C14H11BrN4O2/c15-11-7-4-8-19-13(11)17-14(18-19)16-12(20)9-21-10-5-2-1-3-6-10/h1-8H,9H2,(H,16,18,20). The third kappa shape index (κ3) is 3.19. The van der Waals surface area contributed by atoms with Gasteiger partial charge in [-0.15, -0.1) is 5.10 Å². The number of hydrogen-bond donors (Lipinski definition) is 1. The third-order valence-corrected chi connectivity index (χ3v) is 3.30. The number of hydrogen-bond acceptors (Lipinski definition) is 4. The monoisotopic (exact) mass is 346 g/mol. The molecule has 0 aliphatic heterocycles. The van der Waals surface area contributed by atoms with Gasteiger partial charge in [0, 0.05) is 6.20 Å². The summed E-state index contributed by atoms with van der Waals surface area (Å²) >= 11 is 3.38. The maximum atomic E-state index is 11.8. The topological polar surface area (TPSA) is 68.5 Å². The Balaban J connectivity index is 1.65. The van der Waals surface area contributed by atoms with Crippen molar-refractivity contribution in [3.63, 3.8) is 0 Å². The quantitative estimate of drug-likeness (QED) is 0.788. The lowest BCUT2D eigenvalue weighted by Gasteiger charge is -2.04. The summed E-state index contributed by atoms with van der Waals surface area (Å²) in [5, 5.41) is 6.76. The van der Waals surface area contributed by atoms with Gasteiger partial charge in [0.2, 0.25) is 5.95 Å². The summed E-state index contributed by atoms with van der Waals surface area (Å²) in [7, 11) is 0. The van der Waals surface area contributed by atoms with Crippen molar-refractivity contribution in [1.29, 1.82) is 0 Å². The fourth-order valence-electron chi connectivity index (χ4n) is 1.75. The molecule has 0 unspecified atom stereocenters. The van der Waals surface area contributed by atoms with Crippen LogP contribution in [-0.4, -0.2) is 27.1 Å². The van der Waals surface area contributed by atoms with Gasteiger partial charge in [-0.25, -0.2) is 4.52 Å². The number of anilines is 1. The molecular formula is C14H11BrN4O2. The summed E-state index contributed by atoms with van der Waals surface area (Å²) in [5.41, 5.74) is 0.636. The fraction of sp³-hybridized carbons (Fsp3) is 0.0714. The third-order valence-electron chi connectivity index (χ3n) is 2.68. The molecule has 2 aromatic heterocycles. The van der Waals surface area contributed by atoms with Crippen LogP contribution < -0.4 is 10.1 Å². The number of halogens is 1. The van der Waals surface area contributed by atoms with Gasteiger partial charge in [-0.1, -0.05) is 18.2 Å². The zero-order valence-electron chi connectivity index (χ0n) is 10.9. The second-order valence-electron chi connectivity index (χ2n) is 4.21. The molecule has 0 radical (unpaired) electrons. The molecule has 106 valence electrons. The van der Waals surface area contributed by atoms with Gasteiger partial charge in [0.25, 0.3) is 5.91 Å². The van der Waals surface area contributed by atoms with E-state index in [1.54, 1.807) is 22.8 Å². The van der Waals surface area contributed by atoms with Crippen LogP contribution in [0.5, 0.6) is 5.75 Å². The number of carbonyl (C=O) groups is 1. The number of amides is 1. The van der Waals surface area contributed by atoms with Crippen LogP contribution in [0.4, 0.5) is 5.95 Å². The molecule has 3 aromatic rings. The lowest BCUT2D eigenvalue weighted by molar-refractivity contribution is -0.118. The molecule has 1 N–H and O–H groups in total. The number of rotatable bonds is 4. The lowest BCUT2D eigenvalue weighted by Crippen LogP contribution is -2.20. The molecule has 0 aliphatic rings. The first-order valence-corrected chi connectivity index (χ1v) is 7.00. The van der Waals surface area contributed by atoms with E-state index in [1.807, 2.05) is 30.3 Å². The molecule has 21 heavy (non-hydrogen) atoms. The minimum atomic E-state index is -0.314. The van der Waals surface area contributed by atoms with Gasteiger partial charge >= 0.3 is 0 Å². The van der Waals surface area contributed by atoms with Crippen LogP contribution in [0, 0.1) is 0 Å². The van der Waals surface area contributed by atoms with E-state index < -0.39 is 0 Å². The van der Waals surface area contributed by atoms with Crippen LogP contribution >= 0.6 is 15.9 Å². The Labute approximate surface area is 128 Å². The van der Waals surface area contributed by atoms with Crippen molar-refractivity contribution < 1.29 is 9.53 Å². The van der Waals surface area contributed by atoms with Crippen LogP contribution in [0.1, 0.15) is 0 Å². The van der Waals surface area contributed by atoms with Crippen LogP contribution in [-0.2, 0) is 4.79 Å². The molecule has 0 spiro atoms. The van der Waals surface area contributed by atoms with Crippen LogP contribution in [0.3, 0.4) is 0 Å². The predicted octanol–water partition coefficient (Wildman–Crippen LogP) is 2.51. The maximum Gasteiger partial charge on any atom is 0.264 e. The Morgan fingerprint density at radius 3 is 2.81 bits per heavy atom. The van der Waals surface area contributed by atoms with E-state index in [4.69, 9.17) is 4.74 Å². The molecule has 0 atom stereocenters. The van der Waals surface area contributed by atoms with Crippen LogP contribution in [0.2, 0.25) is 0 Å². The molecular weight excluding hydrogens is 336 g/mol. The molecule has 1 amide bonds. The number of para-hydroxylation sites is 1. The fourth-order valence-corrected chi connectivity index (χ4v) is 2.18. The van der Waals surface area contributed by atoms with E-state index in [0.717, 1.165) is 4.47 Å². The number of carbonyl (C=O) groups excluding carboxylic acids is 1. The summed E-state index contributed by atoms with van der Waals surface area (Å²) in [5.74, 6) is 0.563. The van der Waals surface area contributed by atoms with Crippen molar-refractivity contribution in [2.45, 2.75) is 0 Å². The number of aromatic nitrogens is 3. The number of pyridine rings is 1. The minimum Gasteiger partial charge on any atom is -0.484 e. The summed E-state index contributed by atoms with van der Waals surface area (Å²) in [4.78, 5) is 16.0. The molecule has 0 aliphatic carbocycles. The van der Waals surface area contributed by atoms with Crippen LogP contribution in [0.25, 0.3) is 5.65 Å². The molecule has 1 aromatic carbocycles. The highest BCUT2D eigenvalue weighted by atomic mass is 79.9. The molecule has 0 saturated heterocycles. The van der Waals surface area contributed by atoms with Gasteiger partial charge in [0.05, 0.1) is 4.47 Å². The molecule has 0 saturated carbocycles. The minimum absolute atomic E-state index is 0.0965. The maximum absolute atomic E-state index is 11.8. The number of nitrogens with zero attached hydrogens (tertiary/aromatic N) is 3. The number of ether oxygens (including phenoxy) is 1. The molecule has 2 heterocycles. The van der Waals surface area contributed by atoms with E-state index in [9.17, 15) is 4.79 Å². The Kier molecular flexibility index (Phi) is 3.83. The highest BCUT2D eigenvalue weighted by Gasteiger charge is 2.10. The largest absolute Gasteiger partial charge is 0.484 e. The summed E-state index contributed by atoms with van der Waals surface area (Å²) < 4.78 is 7.74. The van der Waals surface area contributed by atoms with Gasteiger partial charge in [0.15, 0.2) is 12.3 Å². The Hall–Kier alpha value is -2.41. The van der Waals surface area contributed by atoms with Crippen molar-refractivity contribution in [3.05, 3.63) is 53.1 Å². The number of fused-ring (bicyclic) bond motifs is 1. The normalized spacial score (nSPS) is 10.5. The van der Waals surface area contributed by atoms with Crippen LogP contribution in [0.15, 0.2) is 53.1 Å². The molecule has 0 bridgehead atoms. The molecule has 6 nitrogen and oxygen atoms in total. The smallest absolute Gasteiger partial charge is 0.264 e. The van der Waals surface area contributed by atoms with Gasteiger partial charge in [0.1, 0.15) is 5.75 Å². The Morgan fingerprint density at radius 2 is 2.05 bits per heavy atom. The average Bonchev–Trinajstić information content (AvgIpc) is 2.90. The first-order chi connectivity index (χ1) is 10.2. The van der Waals surface area contributed by atoms with Crippen molar-refractivity contribution in [2.75, 3.05) is 11.9 Å². The number of benzene rings is 1. The Morgan fingerprint density at radius 1 is 1.24 bits per heavy atom. The van der Waals surface area contributed by atoms with Gasteiger partial charge in [-0.2, -0.15) is 4.98 Å². The van der Waals surface area contributed by atoms with Gasteiger partial charge in [-0.3, -0.25) is 10.1 Å². The van der Waals surface area contributed by atoms with E-state index in [2.05, 4.69) is 31.3 Å². The second-order valence-corrected chi connectivity index (χ2v) is 5.06. The van der Waals surface area contributed by atoms with Crippen molar-refractivity contribution in [3.8, 4) is 5.75 Å². The molecule has 0 fully saturated rings. The van der Waals surface area contributed by atoms with E-state index in [-0.39, 0.29) is 18.5 Å². The van der Waals surface area contributed by atoms with E-state index in [1.165, 1.54) is 0 Å². The van der Waals surface area contributed by atoms with Crippen molar-refractivity contribution >= 4 is 33.4 Å². The number of nitrogens with one attached hydrogen (secondary N) is 1. The summed E-state index contributed by atoms with van der Waals surface area (Å²) in [6.45, 7) is -0.0965. The van der Waals surface area contributed by atoms with Crippen molar-refractivity contribution in [2.24, 2.45) is 0 Å². The van der Waals surface area contributed by atoms with Crippen molar-refractivity contribution in [1.82, 2.24) is 14.6 Å². The molecule has 7 heteroatoms. The average molecular weight is 347 g/mol. The highest BCUT2D eigenvalue weighted by Crippen LogP contribution is 2.16.